The molecule has 1 heterocycles. The molecule has 1 aromatic heterocycles. The van der Waals surface area contributed by atoms with Crippen molar-refractivity contribution >= 4 is 22.6 Å². The average Bonchev–Trinajstić information content (AvgIpc) is 2.87. The minimum absolute atomic E-state index is 0.348. The minimum atomic E-state index is -0.353. The molecule has 1 atom stereocenters. The molecule has 1 N–H and O–H groups in total. The summed E-state index contributed by atoms with van der Waals surface area (Å²) in [5.41, 5.74) is 2.41. The van der Waals surface area contributed by atoms with Crippen LogP contribution in [0.1, 0.15) is 22.9 Å². The lowest BCUT2D eigenvalue weighted by Gasteiger charge is -2.15. The van der Waals surface area contributed by atoms with Crippen molar-refractivity contribution in [1.29, 1.82) is 0 Å². The van der Waals surface area contributed by atoms with Crippen molar-refractivity contribution in [3.05, 3.63) is 70.2 Å². The molecular weight excluding hydrogens is 289 g/mol. The number of benzene rings is 2. The van der Waals surface area contributed by atoms with Crippen LogP contribution >= 0.6 is 11.6 Å². The van der Waals surface area contributed by atoms with Crippen LogP contribution in [-0.4, -0.2) is 7.05 Å². The summed E-state index contributed by atoms with van der Waals surface area (Å²) in [5, 5.41) is 4.49. The van der Waals surface area contributed by atoms with Gasteiger partial charge in [0, 0.05) is 16.0 Å². The summed E-state index contributed by atoms with van der Waals surface area (Å²) in [7, 11) is 1.78. The molecule has 2 nitrogen and oxygen atoms in total. The number of halogens is 2. The van der Waals surface area contributed by atoms with Gasteiger partial charge in [0.25, 0.3) is 0 Å². The maximum atomic E-state index is 14.1. The normalized spacial score (nSPS) is 12.8. The van der Waals surface area contributed by atoms with Gasteiger partial charge in [-0.3, -0.25) is 0 Å². The number of aryl methyl sites for hydroxylation is 1. The number of hydrogen-bond acceptors (Lipinski definition) is 2. The third-order valence-corrected chi connectivity index (χ3v) is 3.84. The monoisotopic (exact) mass is 303 g/mol. The van der Waals surface area contributed by atoms with E-state index in [1.54, 1.807) is 19.2 Å². The lowest BCUT2D eigenvalue weighted by atomic mass is 10.0. The number of para-hydroxylation sites is 1. The zero-order valence-electron chi connectivity index (χ0n) is 11.8. The molecule has 3 aromatic rings. The SMILES string of the molecule is CNC(c1cc2cccc(C)c2o1)c1ccc(Cl)cc1F. The summed E-state index contributed by atoms with van der Waals surface area (Å²) in [6, 6.07) is 12.2. The summed E-state index contributed by atoms with van der Waals surface area (Å²) >= 11 is 5.81. The Morgan fingerprint density at radius 3 is 2.67 bits per heavy atom. The van der Waals surface area contributed by atoms with Gasteiger partial charge < -0.3 is 9.73 Å². The van der Waals surface area contributed by atoms with Gasteiger partial charge in [0.15, 0.2) is 0 Å². The molecule has 0 bridgehead atoms. The van der Waals surface area contributed by atoms with Gasteiger partial charge in [-0.05, 0) is 37.7 Å². The van der Waals surface area contributed by atoms with Gasteiger partial charge in [0.1, 0.15) is 17.2 Å². The molecule has 0 aliphatic heterocycles. The first kappa shape index (κ1) is 14.1. The smallest absolute Gasteiger partial charge is 0.137 e. The van der Waals surface area contributed by atoms with E-state index in [4.69, 9.17) is 16.0 Å². The van der Waals surface area contributed by atoms with Crippen LogP contribution in [0.4, 0.5) is 4.39 Å². The molecule has 0 fully saturated rings. The van der Waals surface area contributed by atoms with Crippen LogP contribution in [0.15, 0.2) is 46.9 Å². The maximum Gasteiger partial charge on any atom is 0.137 e. The third kappa shape index (κ3) is 2.55. The van der Waals surface area contributed by atoms with Crippen molar-refractivity contribution in [2.45, 2.75) is 13.0 Å². The van der Waals surface area contributed by atoms with E-state index in [1.807, 2.05) is 31.2 Å². The average molecular weight is 304 g/mol. The van der Waals surface area contributed by atoms with Crippen LogP contribution in [0.5, 0.6) is 0 Å². The fourth-order valence-electron chi connectivity index (χ4n) is 2.56. The summed E-state index contributed by atoms with van der Waals surface area (Å²) in [6.45, 7) is 1.99. The van der Waals surface area contributed by atoms with E-state index in [2.05, 4.69) is 5.32 Å². The van der Waals surface area contributed by atoms with Crippen LogP contribution in [0.2, 0.25) is 5.02 Å². The quantitative estimate of drug-likeness (QED) is 0.749. The fourth-order valence-corrected chi connectivity index (χ4v) is 2.72. The minimum Gasteiger partial charge on any atom is -0.459 e. The number of nitrogens with one attached hydrogen (secondary N) is 1. The van der Waals surface area contributed by atoms with Crippen LogP contribution in [0, 0.1) is 12.7 Å². The second-order valence-electron chi connectivity index (χ2n) is 5.03. The lowest BCUT2D eigenvalue weighted by Crippen LogP contribution is -2.18. The standard InChI is InChI=1S/C17H15ClFNO/c1-10-4-3-5-11-8-15(21-17(10)11)16(20-2)13-7-6-12(18)9-14(13)19/h3-9,16,20H,1-2H3. The third-order valence-electron chi connectivity index (χ3n) is 3.61. The Bertz CT molecular complexity index is 797. The first-order valence-electron chi connectivity index (χ1n) is 6.71. The molecule has 0 saturated heterocycles. The van der Waals surface area contributed by atoms with Crippen LogP contribution in [-0.2, 0) is 0 Å². The van der Waals surface area contributed by atoms with Crippen LogP contribution in [0.25, 0.3) is 11.0 Å². The Labute approximate surface area is 127 Å². The molecule has 2 aromatic carbocycles. The molecule has 0 saturated carbocycles. The summed E-state index contributed by atoms with van der Waals surface area (Å²) in [4.78, 5) is 0. The Morgan fingerprint density at radius 1 is 1.19 bits per heavy atom. The highest BCUT2D eigenvalue weighted by molar-refractivity contribution is 6.30. The van der Waals surface area contributed by atoms with Gasteiger partial charge in [-0.2, -0.15) is 0 Å². The van der Waals surface area contributed by atoms with E-state index in [0.29, 0.717) is 16.3 Å². The molecule has 1 unspecified atom stereocenters. The highest BCUT2D eigenvalue weighted by Crippen LogP contribution is 2.31. The van der Waals surface area contributed by atoms with Gasteiger partial charge in [0.2, 0.25) is 0 Å². The molecule has 0 amide bonds. The molecule has 0 aliphatic carbocycles. The van der Waals surface area contributed by atoms with E-state index < -0.39 is 0 Å². The highest BCUT2D eigenvalue weighted by atomic mass is 35.5. The van der Waals surface area contributed by atoms with Crippen LogP contribution < -0.4 is 5.32 Å². The lowest BCUT2D eigenvalue weighted by molar-refractivity contribution is 0.475. The Kier molecular flexibility index (Phi) is 3.70. The van der Waals surface area contributed by atoms with Crippen molar-refractivity contribution in [1.82, 2.24) is 5.32 Å². The zero-order chi connectivity index (χ0) is 15.0. The van der Waals surface area contributed by atoms with E-state index in [1.165, 1.54) is 6.07 Å². The van der Waals surface area contributed by atoms with Gasteiger partial charge >= 0.3 is 0 Å². The van der Waals surface area contributed by atoms with Crippen molar-refractivity contribution in [3.63, 3.8) is 0 Å². The topological polar surface area (TPSA) is 25.2 Å². The second-order valence-corrected chi connectivity index (χ2v) is 5.47. The highest BCUT2D eigenvalue weighted by Gasteiger charge is 2.20. The number of rotatable bonds is 3. The predicted octanol–water partition coefficient (Wildman–Crippen LogP) is 4.84. The van der Waals surface area contributed by atoms with Gasteiger partial charge in [0.05, 0.1) is 6.04 Å². The molecular formula is C17H15ClFNO. The Hall–Kier alpha value is -1.84. The number of fused-ring (bicyclic) bond motifs is 1. The van der Waals surface area contributed by atoms with E-state index in [0.717, 1.165) is 16.5 Å². The molecule has 21 heavy (non-hydrogen) atoms. The largest absolute Gasteiger partial charge is 0.459 e. The summed E-state index contributed by atoms with van der Waals surface area (Å²) in [5.74, 6) is 0.335. The van der Waals surface area contributed by atoms with Gasteiger partial charge in [-0.25, -0.2) is 4.39 Å². The van der Waals surface area contributed by atoms with Gasteiger partial charge in [-0.15, -0.1) is 0 Å². The first-order chi connectivity index (χ1) is 10.1. The van der Waals surface area contributed by atoms with Gasteiger partial charge in [-0.1, -0.05) is 35.9 Å². The van der Waals surface area contributed by atoms with E-state index in [9.17, 15) is 4.39 Å². The Balaban J connectivity index is 2.11. The Morgan fingerprint density at radius 2 is 2.00 bits per heavy atom. The van der Waals surface area contributed by atoms with E-state index in [-0.39, 0.29) is 11.9 Å². The molecule has 4 heteroatoms. The van der Waals surface area contributed by atoms with Crippen LogP contribution in [0.3, 0.4) is 0 Å². The summed E-state index contributed by atoms with van der Waals surface area (Å²) < 4.78 is 20.1. The molecule has 3 rings (SSSR count). The fraction of sp³-hybridized carbons (Fsp3) is 0.176. The number of furan rings is 1. The maximum absolute atomic E-state index is 14.1. The number of hydrogen-bond donors (Lipinski definition) is 1. The molecule has 0 spiro atoms. The van der Waals surface area contributed by atoms with E-state index >= 15 is 0 Å². The molecule has 0 aliphatic rings. The molecule has 0 radical (unpaired) electrons. The first-order valence-corrected chi connectivity index (χ1v) is 7.09. The summed E-state index contributed by atoms with van der Waals surface area (Å²) in [6.07, 6.45) is 0. The van der Waals surface area contributed by atoms with Crippen molar-refractivity contribution in [2.24, 2.45) is 0 Å². The van der Waals surface area contributed by atoms with Crippen molar-refractivity contribution < 1.29 is 8.81 Å². The van der Waals surface area contributed by atoms with Crippen molar-refractivity contribution in [2.75, 3.05) is 7.05 Å². The zero-order valence-corrected chi connectivity index (χ0v) is 12.5. The predicted molar refractivity (Wildman–Crippen MR) is 83.3 cm³/mol. The van der Waals surface area contributed by atoms with Crippen molar-refractivity contribution in [3.8, 4) is 0 Å². The second kappa shape index (κ2) is 5.51. The molecule has 108 valence electrons.